The number of halogens is 1. The summed E-state index contributed by atoms with van der Waals surface area (Å²) >= 11 is 3.55. The number of furan rings is 1. The van der Waals surface area contributed by atoms with Crippen LogP contribution in [0.25, 0.3) is 22.4 Å². The SMILES string of the molecule is Cc1ccc(NCc2ccc3c(-c4nn[nH]n4)coc3c2)cc1Br. The van der Waals surface area contributed by atoms with Crippen LogP contribution in [0.4, 0.5) is 5.69 Å². The van der Waals surface area contributed by atoms with Crippen LogP contribution >= 0.6 is 15.9 Å². The molecule has 0 atom stereocenters. The number of rotatable bonds is 4. The van der Waals surface area contributed by atoms with Gasteiger partial charge in [0.1, 0.15) is 11.8 Å². The first-order chi connectivity index (χ1) is 11.7. The van der Waals surface area contributed by atoms with Gasteiger partial charge in [0.25, 0.3) is 0 Å². The molecule has 0 saturated carbocycles. The number of fused-ring (bicyclic) bond motifs is 1. The summed E-state index contributed by atoms with van der Waals surface area (Å²) in [5.74, 6) is 0.532. The highest BCUT2D eigenvalue weighted by molar-refractivity contribution is 9.10. The second-order valence-corrected chi connectivity index (χ2v) is 6.39. The van der Waals surface area contributed by atoms with E-state index >= 15 is 0 Å². The van der Waals surface area contributed by atoms with Crippen LogP contribution in [0.5, 0.6) is 0 Å². The van der Waals surface area contributed by atoms with Crippen molar-refractivity contribution in [2.45, 2.75) is 13.5 Å². The molecule has 4 rings (SSSR count). The summed E-state index contributed by atoms with van der Waals surface area (Å²) in [5, 5.41) is 18.4. The van der Waals surface area contributed by atoms with E-state index in [2.05, 4.69) is 73.1 Å². The van der Waals surface area contributed by atoms with Crippen LogP contribution in [0.3, 0.4) is 0 Å². The molecule has 0 spiro atoms. The Hall–Kier alpha value is -2.67. The number of nitrogens with zero attached hydrogens (tertiary/aromatic N) is 3. The summed E-state index contributed by atoms with van der Waals surface area (Å²) in [4.78, 5) is 0. The third-order valence-corrected chi connectivity index (χ3v) is 4.75. The summed E-state index contributed by atoms with van der Waals surface area (Å²) in [7, 11) is 0. The fourth-order valence-corrected chi connectivity index (χ4v) is 2.92. The first kappa shape index (κ1) is 14.9. The summed E-state index contributed by atoms with van der Waals surface area (Å²) in [6.45, 7) is 2.78. The minimum atomic E-state index is 0.532. The number of aromatic amines is 1. The Kier molecular flexibility index (Phi) is 3.78. The predicted molar refractivity (Wildman–Crippen MR) is 95.6 cm³/mol. The summed E-state index contributed by atoms with van der Waals surface area (Å²) in [6.07, 6.45) is 1.66. The van der Waals surface area contributed by atoms with Gasteiger partial charge in [-0.2, -0.15) is 5.21 Å². The zero-order valence-electron chi connectivity index (χ0n) is 12.9. The van der Waals surface area contributed by atoms with E-state index in [9.17, 15) is 0 Å². The predicted octanol–water partition coefficient (Wildman–Crippen LogP) is 4.30. The Labute approximate surface area is 146 Å². The first-order valence-corrected chi connectivity index (χ1v) is 8.24. The maximum absolute atomic E-state index is 5.64. The molecule has 4 aromatic rings. The molecular formula is C17H14BrN5O. The summed E-state index contributed by atoms with van der Waals surface area (Å²) in [6, 6.07) is 12.3. The van der Waals surface area contributed by atoms with Crippen molar-refractivity contribution >= 4 is 32.6 Å². The first-order valence-electron chi connectivity index (χ1n) is 7.45. The Morgan fingerprint density at radius 1 is 1.21 bits per heavy atom. The number of hydrogen-bond acceptors (Lipinski definition) is 5. The maximum Gasteiger partial charge on any atom is 0.208 e. The van der Waals surface area contributed by atoms with Crippen molar-refractivity contribution in [1.82, 2.24) is 20.6 Å². The monoisotopic (exact) mass is 383 g/mol. The molecule has 0 fully saturated rings. The third-order valence-electron chi connectivity index (χ3n) is 3.89. The molecular weight excluding hydrogens is 370 g/mol. The zero-order chi connectivity index (χ0) is 16.5. The Bertz CT molecular complexity index is 994. The van der Waals surface area contributed by atoms with Gasteiger partial charge in [0, 0.05) is 22.1 Å². The molecule has 0 aliphatic carbocycles. The number of hydrogen-bond donors (Lipinski definition) is 2. The largest absolute Gasteiger partial charge is 0.464 e. The molecule has 2 aromatic carbocycles. The van der Waals surface area contributed by atoms with Crippen LogP contribution in [0, 0.1) is 6.92 Å². The molecule has 0 saturated heterocycles. The lowest BCUT2D eigenvalue weighted by atomic mass is 10.1. The lowest BCUT2D eigenvalue weighted by Gasteiger charge is -2.08. The molecule has 0 amide bonds. The molecule has 120 valence electrons. The minimum absolute atomic E-state index is 0.532. The molecule has 2 heterocycles. The molecule has 0 unspecified atom stereocenters. The van der Waals surface area contributed by atoms with E-state index < -0.39 is 0 Å². The second-order valence-electron chi connectivity index (χ2n) is 5.53. The maximum atomic E-state index is 5.64. The van der Waals surface area contributed by atoms with Crippen LogP contribution in [0.15, 0.2) is 51.6 Å². The van der Waals surface area contributed by atoms with E-state index in [1.807, 2.05) is 12.1 Å². The molecule has 0 radical (unpaired) electrons. The molecule has 2 aromatic heterocycles. The van der Waals surface area contributed by atoms with Crippen molar-refractivity contribution in [2.75, 3.05) is 5.32 Å². The molecule has 0 aliphatic rings. The average molecular weight is 384 g/mol. The number of tetrazole rings is 1. The van der Waals surface area contributed by atoms with Gasteiger partial charge in [0.05, 0.1) is 5.56 Å². The topological polar surface area (TPSA) is 79.6 Å². The van der Waals surface area contributed by atoms with Crippen molar-refractivity contribution in [1.29, 1.82) is 0 Å². The van der Waals surface area contributed by atoms with Crippen molar-refractivity contribution in [3.63, 3.8) is 0 Å². The second kappa shape index (κ2) is 6.09. The number of nitrogens with one attached hydrogen (secondary N) is 2. The van der Waals surface area contributed by atoms with E-state index in [1.165, 1.54) is 5.56 Å². The van der Waals surface area contributed by atoms with Crippen molar-refractivity contribution in [3.8, 4) is 11.4 Å². The normalized spacial score (nSPS) is 11.1. The Morgan fingerprint density at radius 3 is 2.92 bits per heavy atom. The van der Waals surface area contributed by atoms with Gasteiger partial charge in [0.2, 0.25) is 5.82 Å². The Morgan fingerprint density at radius 2 is 2.12 bits per heavy atom. The highest BCUT2D eigenvalue weighted by atomic mass is 79.9. The molecule has 2 N–H and O–H groups in total. The average Bonchev–Trinajstić information content (AvgIpc) is 3.24. The van der Waals surface area contributed by atoms with E-state index in [-0.39, 0.29) is 0 Å². The van der Waals surface area contributed by atoms with Gasteiger partial charge in [0.15, 0.2) is 0 Å². The summed E-state index contributed by atoms with van der Waals surface area (Å²) < 4.78 is 6.74. The van der Waals surface area contributed by atoms with Crippen molar-refractivity contribution in [2.24, 2.45) is 0 Å². The number of benzene rings is 2. The molecule has 0 aliphatic heterocycles. The number of aromatic nitrogens is 4. The van der Waals surface area contributed by atoms with Gasteiger partial charge in [-0.25, -0.2) is 0 Å². The van der Waals surface area contributed by atoms with Gasteiger partial charge in [-0.3, -0.25) is 0 Å². The quantitative estimate of drug-likeness (QED) is 0.549. The van der Waals surface area contributed by atoms with Gasteiger partial charge >= 0.3 is 0 Å². The molecule has 6 nitrogen and oxygen atoms in total. The summed E-state index contributed by atoms with van der Waals surface area (Å²) in [5.41, 5.74) is 5.05. The highest BCUT2D eigenvalue weighted by Gasteiger charge is 2.12. The van der Waals surface area contributed by atoms with E-state index in [4.69, 9.17) is 4.42 Å². The molecule has 7 heteroatoms. The fourth-order valence-electron chi connectivity index (χ4n) is 2.54. The highest BCUT2D eigenvalue weighted by Crippen LogP contribution is 2.29. The van der Waals surface area contributed by atoms with E-state index in [1.54, 1.807) is 6.26 Å². The number of H-pyrrole nitrogens is 1. The van der Waals surface area contributed by atoms with Crippen molar-refractivity contribution < 1.29 is 4.42 Å². The van der Waals surface area contributed by atoms with Gasteiger partial charge in [-0.1, -0.05) is 34.1 Å². The van der Waals surface area contributed by atoms with Crippen molar-refractivity contribution in [3.05, 3.63) is 58.3 Å². The van der Waals surface area contributed by atoms with Crippen LogP contribution in [0.2, 0.25) is 0 Å². The number of aryl methyl sites for hydroxylation is 1. The number of anilines is 1. The van der Waals surface area contributed by atoms with Crippen LogP contribution in [-0.2, 0) is 6.54 Å². The van der Waals surface area contributed by atoms with Gasteiger partial charge in [-0.05, 0) is 41.5 Å². The Balaban J connectivity index is 1.56. The van der Waals surface area contributed by atoms with Crippen LogP contribution in [0.1, 0.15) is 11.1 Å². The molecule has 24 heavy (non-hydrogen) atoms. The smallest absolute Gasteiger partial charge is 0.208 e. The molecule has 0 bridgehead atoms. The van der Waals surface area contributed by atoms with E-state index in [0.717, 1.165) is 32.3 Å². The minimum Gasteiger partial charge on any atom is -0.464 e. The van der Waals surface area contributed by atoms with Gasteiger partial charge < -0.3 is 9.73 Å². The van der Waals surface area contributed by atoms with E-state index in [0.29, 0.717) is 12.4 Å². The van der Waals surface area contributed by atoms with Crippen LogP contribution in [-0.4, -0.2) is 20.6 Å². The van der Waals surface area contributed by atoms with Crippen LogP contribution < -0.4 is 5.32 Å². The lowest BCUT2D eigenvalue weighted by molar-refractivity contribution is 0.616. The zero-order valence-corrected chi connectivity index (χ0v) is 14.5. The van der Waals surface area contributed by atoms with Gasteiger partial charge in [-0.15, -0.1) is 10.2 Å². The fraction of sp³-hybridized carbons (Fsp3) is 0.118. The third kappa shape index (κ3) is 2.78. The lowest BCUT2D eigenvalue weighted by Crippen LogP contribution is -1.99. The standard InChI is InChI=1S/C17H14BrN5O/c1-10-2-4-12(7-15(10)18)19-8-11-3-5-13-14(9-24-16(13)6-11)17-20-22-23-21-17/h2-7,9,19H,8H2,1H3,(H,20,21,22,23).